The first-order chi connectivity index (χ1) is 13.8. The predicted molar refractivity (Wildman–Crippen MR) is 98.8 cm³/mol. The van der Waals surface area contributed by atoms with Crippen molar-refractivity contribution in [2.24, 2.45) is 5.92 Å². The topological polar surface area (TPSA) is 124 Å². The van der Waals surface area contributed by atoms with Gasteiger partial charge in [-0.1, -0.05) is 6.07 Å². The molecule has 152 valence electrons. The quantitative estimate of drug-likeness (QED) is 0.709. The van der Waals surface area contributed by atoms with Crippen LogP contribution in [0.25, 0.3) is 0 Å². The van der Waals surface area contributed by atoms with Crippen molar-refractivity contribution in [1.29, 1.82) is 0 Å². The van der Waals surface area contributed by atoms with Crippen LogP contribution in [0.4, 0.5) is 0 Å². The number of likely N-dealkylation sites (tertiary alicyclic amines) is 1. The first kappa shape index (κ1) is 19.1. The van der Waals surface area contributed by atoms with Crippen molar-refractivity contribution < 1.29 is 29.1 Å². The van der Waals surface area contributed by atoms with Crippen LogP contribution < -0.4 is 5.32 Å². The van der Waals surface area contributed by atoms with E-state index in [-0.39, 0.29) is 43.7 Å². The Balaban J connectivity index is 1.52. The van der Waals surface area contributed by atoms with Crippen LogP contribution in [0.1, 0.15) is 52.0 Å². The first-order valence-corrected chi connectivity index (χ1v) is 9.65. The van der Waals surface area contributed by atoms with Crippen molar-refractivity contribution in [1.82, 2.24) is 15.1 Å². The summed E-state index contributed by atoms with van der Waals surface area (Å²) in [4.78, 5) is 63.4. The van der Waals surface area contributed by atoms with E-state index in [4.69, 9.17) is 0 Å². The number of rotatable bonds is 3. The molecule has 4 amide bonds. The third kappa shape index (κ3) is 3.48. The van der Waals surface area contributed by atoms with Crippen molar-refractivity contribution in [2.45, 2.75) is 38.3 Å². The number of hydrogen-bond donors (Lipinski definition) is 2. The fraction of sp³-hybridized carbons (Fsp3) is 0.450. The van der Waals surface area contributed by atoms with Crippen LogP contribution in [0.2, 0.25) is 0 Å². The predicted octanol–water partition coefficient (Wildman–Crippen LogP) is 0.384. The molecule has 0 aliphatic carbocycles. The fourth-order valence-electron chi connectivity index (χ4n) is 4.23. The summed E-state index contributed by atoms with van der Waals surface area (Å²) >= 11 is 0. The summed E-state index contributed by atoms with van der Waals surface area (Å²) in [5.41, 5.74) is 1.42. The highest BCUT2D eigenvalue weighted by atomic mass is 16.4. The van der Waals surface area contributed by atoms with E-state index in [1.807, 2.05) is 0 Å². The lowest BCUT2D eigenvalue weighted by Crippen LogP contribution is -2.52. The van der Waals surface area contributed by atoms with Gasteiger partial charge in [-0.25, -0.2) is 0 Å². The van der Waals surface area contributed by atoms with Crippen LogP contribution >= 0.6 is 0 Å². The number of carbonyl (C=O) groups is 5. The van der Waals surface area contributed by atoms with E-state index in [1.165, 1.54) is 15.9 Å². The molecule has 4 rings (SSSR count). The molecule has 3 aliphatic rings. The number of carboxylic acids is 1. The Morgan fingerprint density at radius 2 is 1.93 bits per heavy atom. The molecule has 9 nitrogen and oxygen atoms in total. The Bertz CT molecular complexity index is 927. The summed E-state index contributed by atoms with van der Waals surface area (Å²) in [6.45, 7) is 0.886. The van der Waals surface area contributed by atoms with Gasteiger partial charge in [0.1, 0.15) is 6.04 Å². The van der Waals surface area contributed by atoms with Gasteiger partial charge >= 0.3 is 5.97 Å². The number of imide groups is 1. The minimum atomic E-state index is -0.911. The maximum absolute atomic E-state index is 12.9. The molecule has 3 aliphatic heterocycles. The van der Waals surface area contributed by atoms with Crippen LogP contribution in [-0.4, -0.2) is 63.6 Å². The minimum absolute atomic E-state index is 0.154. The maximum Gasteiger partial charge on any atom is 0.308 e. The van der Waals surface area contributed by atoms with E-state index in [0.29, 0.717) is 30.5 Å². The second-order valence-corrected chi connectivity index (χ2v) is 7.70. The summed E-state index contributed by atoms with van der Waals surface area (Å²) in [7, 11) is 0. The van der Waals surface area contributed by atoms with Gasteiger partial charge in [0, 0.05) is 37.2 Å². The third-order valence-electron chi connectivity index (χ3n) is 5.83. The van der Waals surface area contributed by atoms with Gasteiger partial charge in [0.2, 0.25) is 11.8 Å². The molecule has 0 aromatic heterocycles. The van der Waals surface area contributed by atoms with Gasteiger partial charge in [-0.2, -0.15) is 0 Å². The molecule has 0 spiro atoms. The average molecular weight is 399 g/mol. The molecular weight excluding hydrogens is 378 g/mol. The van der Waals surface area contributed by atoms with Crippen molar-refractivity contribution in [2.75, 3.05) is 13.1 Å². The molecule has 2 fully saturated rings. The summed E-state index contributed by atoms with van der Waals surface area (Å²) in [6.07, 6.45) is 1.62. The van der Waals surface area contributed by atoms with Crippen molar-refractivity contribution in [3.05, 3.63) is 34.9 Å². The van der Waals surface area contributed by atoms with E-state index in [0.717, 1.165) is 5.56 Å². The number of fused-ring (bicyclic) bond motifs is 1. The lowest BCUT2D eigenvalue weighted by Gasteiger charge is -2.30. The molecule has 2 saturated heterocycles. The molecule has 2 atom stereocenters. The van der Waals surface area contributed by atoms with E-state index in [1.54, 1.807) is 12.1 Å². The number of nitrogens with zero attached hydrogens (tertiary/aromatic N) is 2. The van der Waals surface area contributed by atoms with Gasteiger partial charge in [0.25, 0.3) is 11.8 Å². The highest BCUT2D eigenvalue weighted by molar-refractivity contribution is 6.06. The molecule has 1 aromatic rings. The van der Waals surface area contributed by atoms with Gasteiger partial charge in [0.15, 0.2) is 0 Å². The van der Waals surface area contributed by atoms with Crippen LogP contribution in [-0.2, 0) is 20.9 Å². The largest absolute Gasteiger partial charge is 0.481 e. The summed E-state index contributed by atoms with van der Waals surface area (Å²) in [6, 6.07) is 4.15. The number of nitrogens with one attached hydrogen (secondary N) is 1. The summed E-state index contributed by atoms with van der Waals surface area (Å²) < 4.78 is 0. The number of benzene rings is 1. The maximum atomic E-state index is 12.9. The number of hydrogen-bond acceptors (Lipinski definition) is 5. The molecule has 0 bridgehead atoms. The lowest BCUT2D eigenvalue weighted by atomic mass is 9.97. The summed E-state index contributed by atoms with van der Waals surface area (Å²) in [5.74, 6) is -2.95. The Labute approximate surface area is 166 Å². The first-order valence-electron chi connectivity index (χ1n) is 9.65. The van der Waals surface area contributed by atoms with Gasteiger partial charge in [-0.15, -0.1) is 0 Å². The van der Waals surface area contributed by atoms with E-state index >= 15 is 0 Å². The Hall–Kier alpha value is -3.23. The zero-order valence-electron chi connectivity index (χ0n) is 15.7. The monoisotopic (exact) mass is 399 g/mol. The Kier molecular flexibility index (Phi) is 4.81. The second-order valence-electron chi connectivity index (χ2n) is 7.70. The molecular formula is C20H21N3O6. The fourth-order valence-corrected chi connectivity index (χ4v) is 4.23. The normalized spacial score (nSPS) is 24.3. The standard InChI is InChI=1S/C20H21N3O6/c24-16-6-5-15(17(25)21-16)23-10-12-4-3-11(8-14(12)19(23)27)18(26)22-7-1-2-13(9-22)20(28)29/h3-4,8,13,15H,1-2,5-7,9-10H2,(H,28,29)(H,21,24,25)/t13-,15?/m1/s1. The molecule has 9 heteroatoms. The molecule has 2 N–H and O–H groups in total. The van der Waals surface area contributed by atoms with Crippen molar-refractivity contribution >= 4 is 29.6 Å². The van der Waals surface area contributed by atoms with Gasteiger partial charge in [0.05, 0.1) is 5.92 Å². The number of piperidine rings is 2. The van der Waals surface area contributed by atoms with Crippen molar-refractivity contribution in [3.8, 4) is 0 Å². The molecule has 1 unspecified atom stereocenters. The number of carboxylic acid groups (broad SMARTS) is 1. The van der Waals surface area contributed by atoms with Gasteiger partial charge in [-0.3, -0.25) is 29.3 Å². The van der Waals surface area contributed by atoms with E-state index in [2.05, 4.69) is 5.32 Å². The van der Waals surface area contributed by atoms with Crippen LogP contribution in [0.5, 0.6) is 0 Å². The SMILES string of the molecule is O=C1CCC(N2Cc3ccc(C(=O)N4CCC[C@@H](C(=O)O)C4)cc3C2=O)C(=O)N1. The lowest BCUT2D eigenvalue weighted by molar-refractivity contribution is -0.143. The number of amides is 4. The van der Waals surface area contributed by atoms with Crippen LogP contribution in [0, 0.1) is 5.92 Å². The van der Waals surface area contributed by atoms with Crippen LogP contribution in [0.3, 0.4) is 0 Å². The highest BCUT2D eigenvalue weighted by Crippen LogP contribution is 2.29. The van der Waals surface area contributed by atoms with Gasteiger partial charge < -0.3 is 14.9 Å². The van der Waals surface area contributed by atoms with E-state index < -0.39 is 23.8 Å². The number of carbonyl (C=O) groups excluding carboxylic acids is 4. The molecule has 0 radical (unpaired) electrons. The number of aliphatic carboxylic acids is 1. The zero-order valence-corrected chi connectivity index (χ0v) is 15.7. The third-order valence-corrected chi connectivity index (χ3v) is 5.83. The smallest absolute Gasteiger partial charge is 0.308 e. The summed E-state index contributed by atoms with van der Waals surface area (Å²) in [5, 5.41) is 11.5. The zero-order chi connectivity index (χ0) is 20.7. The van der Waals surface area contributed by atoms with Gasteiger partial charge in [-0.05, 0) is 37.0 Å². The van der Waals surface area contributed by atoms with Crippen LogP contribution in [0.15, 0.2) is 18.2 Å². The van der Waals surface area contributed by atoms with E-state index in [9.17, 15) is 29.1 Å². The minimum Gasteiger partial charge on any atom is -0.481 e. The molecule has 29 heavy (non-hydrogen) atoms. The molecule has 1 aromatic carbocycles. The molecule has 0 saturated carbocycles. The second kappa shape index (κ2) is 7.31. The van der Waals surface area contributed by atoms with Crippen molar-refractivity contribution in [3.63, 3.8) is 0 Å². The highest BCUT2D eigenvalue weighted by Gasteiger charge is 2.39. The Morgan fingerprint density at radius 1 is 1.14 bits per heavy atom. The average Bonchev–Trinajstić information content (AvgIpc) is 3.03. The Morgan fingerprint density at radius 3 is 2.66 bits per heavy atom. The molecule has 3 heterocycles.